The number of carbonyl (C=O) groups is 1. The molecule has 2 fully saturated rings. The number of benzene rings is 1. The molecule has 120 valence electrons. The second kappa shape index (κ2) is 5.37. The normalized spacial score (nSPS) is 24.7. The van der Waals surface area contributed by atoms with Gasteiger partial charge in [-0.15, -0.1) is 0 Å². The first-order chi connectivity index (χ1) is 11.2. The number of piperidine rings is 1. The van der Waals surface area contributed by atoms with Gasteiger partial charge in [-0.3, -0.25) is 4.79 Å². The highest BCUT2D eigenvalue weighted by atomic mass is 16.5. The molecular formula is C17H20N4O2. The van der Waals surface area contributed by atoms with E-state index in [0.29, 0.717) is 18.4 Å². The van der Waals surface area contributed by atoms with Crippen molar-refractivity contribution in [3.05, 3.63) is 30.3 Å². The standard InChI is InChI=1S/C17H20N4O2/c1-20-10-5-8-17(15(20)22)9-11-21(12-17)16-18-14(19-23-16)13-6-3-2-4-7-13/h2-4,6-7H,5,8-12H2,1H3/t17-/m0/s1. The van der Waals surface area contributed by atoms with Crippen LogP contribution in [0.4, 0.5) is 6.01 Å². The third-order valence-electron chi connectivity index (χ3n) is 5.02. The van der Waals surface area contributed by atoms with Crippen LogP contribution in [0.3, 0.4) is 0 Å². The SMILES string of the molecule is CN1CCC[C@@]2(CCN(c3nc(-c4ccccc4)no3)C2)C1=O. The molecule has 23 heavy (non-hydrogen) atoms. The second-order valence-electron chi connectivity index (χ2n) is 6.55. The number of nitrogens with zero attached hydrogens (tertiary/aromatic N) is 4. The quantitative estimate of drug-likeness (QED) is 0.850. The van der Waals surface area contributed by atoms with Crippen molar-refractivity contribution in [2.45, 2.75) is 19.3 Å². The maximum atomic E-state index is 12.6. The van der Waals surface area contributed by atoms with E-state index in [1.807, 2.05) is 42.3 Å². The largest absolute Gasteiger partial charge is 0.345 e. The molecule has 4 rings (SSSR count). The van der Waals surface area contributed by atoms with Gasteiger partial charge in [0, 0.05) is 32.2 Å². The van der Waals surface area contributed by atoms with Crippen LogP contribution in [0.25, 0.3) is 11.4 Å². The van der Waals surface area contributed by atoms with E-state index in [-0.39, 0.29) is 11.3 Å². The monoisotopic (exact) mass is 312 g/mol. The highest BCUT2D eigenvalue weighted by Gasteiger charge is 2.48. The molecule has 1 amide bonds. The van der Waals surface area contributed by atoms with E-state index in [0.717, 1.165) is 37.9 Å². The number of rotatable bonds is 2. The number of likely N-dealkylation sites (tertiary alicyclic amines) is 1. The van der Waals surface area contributed by atoms with Gasteiger partial charge in [-0.1, -0.05) is 35.5 Å². The number of anilines is 1. The molecular weight excluding hydrogens is 292 g/mol. The first-order valence-corrected chi connectivity index (χ1v) is 8.08. The molecule has 2 aromatic rings. The van der Waals surface area contributed by atoms with E-state index in [1.165, 1.54) is 0 Å². The zero-order valence-corrected chi connectivity index (χ0v) is 13.2. The smallest absolute Gasteiger partial charge is 0.324 e. The molecule has 2 saturated heterocycles. The molecule has 0 radical (unpaired) electrons. The number of amides is 1. The van der Waals surface area contributed by atoms with Gasteiger partial charge >= 0.3 is 6.01 Å². The fourth-order valence-corrected chi connectivity index (χ4v) is 3.73. The van der Waals surface area contributed by atoms with Gasteiger partial charge in [-0.25, -0.2) is 0 Å². The summed E-state index contributed by atoms with van der Waals surface area (Å²) in [6.07, 6.45) is 2.88. The molecule has 2 aliphatic rings. The summed E-state index contributed by atoms with van der Waals surface area (Å²) >= 11 is 0. The van der Waals surface area contributed by atoms with Crippen LogP contribution in [0.5, 0.6) is 0 Å². The second-order valence-corrected chi connectivity index (χ2v) is 6.55. The van der Waals surface area contributed by atoms with Gasteiger partial charge in [-0.05, 0) is 19.3 Å². The van der Waals surface area contributed by atoms with Crippen molar-refractivity contribution in [2.24, 2.45) is 5.41 Å². The third-order valence-corrected chi connectivity index (χ3v) is 5.02. The van der Waals surface area contributed by atoms with Gasteiger partial charge in [0.15, 0.2) is 0 Å². The molecule has 3 heterocycles. The summed E-state index contributed by atoms with van der Waals surface area (Å²) in [7, 11) is 1.89. The summed E-state index contributed by atoms with van der Waals surface area (Å²) < 4.78 is 5.44. The lowest BCUT2D eigenvalue weighted by molar-refractivity contribution is -0.143. The minimum Gasteiger partial charge on any atom is -0.345 e. The molecule has 1 aromatic carbocycles. The highest BCUT2D eigenvalue weighted by Crippen LogP contribution is 2.41. The highest BCUT2D eigenvalue weighted by molar-refractivity contribution is 5.84. The Balaban J connectivity index is 1.54. The Hall–Kier alpha value is -2.37. The summed E-state index contributed by atoms with van der Waals surface area (Å²) in [4.78, 5) is 21.0. The van der Waals surface area contributed by atoms with Gasteiger partial charge in [0.1, 0.15) is 0 Å². The zero-order valence-electron chi connectivity index (χ0n) is 13.2. The van der Waals surface area contributed by atoms with Crippen LogP contribution < -0.4 is 4.90 Å². The Labute approximate surface area is 135 Å². The van der Waals surface area contributed by atoms with E-state index in [1.54, 1.807) is 0 Å². The summed E-state index contributed by atoms with van der Waals surface area (Å²) in [5, 5.41) is 4.08. The van der Waals surface area contributed by atoms with Gasteiger partial charge in [0.05, 0.1) is 5.41 Å². The fourth-order valence-electron chi connectivity index (χ4n) is 3.73. The molecule has 2 aliphatic heterocycles. The lowest BCUT2D eigenvalue weighted by Crippen LogP contribution is -2.48. The van der Waals surface area contributed by atoms with Crippen molar-refractivity contribution in [3.8, 4) is 11.4 Å². The van der Waals surface area contributed by atoms with Crippen molar-refractivity contribution >= 4 is 11.9 Å². The van der Waals surface area contributed by atoms with Gasteiger partial charge in [0.2, 0.25) is 11.7 Å². The van der Waals surface area contributed by atoms with Gasteiger partial charge in [0.25, 0.3) is 0 Å². The van der Waals surface area contributed by atoms with Crippen LogP contribution in [0.1, 0.15) is 19.3 Å². The summed E-state index contributed by atoms with van der Waals surface area (Å²) in [6.45, 7) is 2.32. The zero-order chi connectivity index (χ0) is 15.9. The van der Waals surface area contributed by atoms with E-state index < -0.39 is 0 Å². The number of hydrogen-bond acceptors (Lipinski definition) is 5. The first-order valence-electron chi connectivity index (χ1n) is 8.08. The summed E-state index contributed by atoms with van der Waals surface area (Å²) in [6, 6.07) is 10.3. The predicted molar refractivity (Wildman–Crippen MR) is 85.9 cm³/mol. The lowest BCUT2D eigenvalue weighted by Gasteiger charge is -2.37. The Bertz CT molecular complexity index is 714. The fraction of sp³-hybridized carbons (Fsp3) is 0.471. The average Bonchev–Trinajstić information content (AvgIpc) is 3.21. The molecule has 6 nitrogen and oxygen atoms in total. The Morgan fingerprint density at radius 2 is 2.00 bits per heavy atom. The molecule has 0 N–H and O–H groups in total. The number of carbonyl (C=O) groups excluding carboxylic acids is 1. The van der Waals surface area contributed by atoms with E-state index in [4.69, 9.17) is 4.52 Å². The molecule has 6 heteroatoms. The minimum atomic E-state index is -0.269. The van der Waals surface area contributed by atoms with Gasteiger partial charge in [-0.2, -0.15) is 4.98 Å². The Morgan fingerprint density at radius 3 is 2.83 bits per heavy atom. The van der Waals surface area contributed by atoms with Crippen LogP contribution in [0, 0.1) is 5.41 Å². The molecule has 0 aliphatic carbocycles. The lowest BCUT2D eigenvalue weighted by atomic mass is 9.78. The minimum absolute atomic E-state index is 0.258. The third kappa shape index (κ3) is 2.38. The molecule has 1 aromatic heterocycles. The Kier molecular flexibility index (Phi) is 3.32. The number of aromatic nitrogens is 2. The van der Waals surface area contributed by atoms with Gasteiger partial charge < -0.3 is 14.3 Å². The van der Waals surface area contributed by atoms with E-state index in [9.17, 15) is 4.79 Å². The van der Waals surface area contributed by atoms with E-state index in [2.05, 4.69) is 15.0 Å². The average molecular weight is 312 g/mol. The predicted octanol–water partition coefficient (Wildman–Crippen LogP) is 2.19. The van der Waals surface area contributed by atoms with Crippen LogP contribution in [-0.2, 0) is 4.79 Å². The van der Waals surface area contributed by atoms with Crippen LogP contribution >= 0.6 is 0 Å². The van der Waals surface area contributed by atoms with Crippen LogP contribution in [-0.4, -0.2) is 47.6 Å². The first kappa shape index (κ1) is 14.2. The van der Waals surface area contributed by atoms with Crippen LogP contribution in [0.15, 0.2) is 34.9 Å². The van der Waals surface area contributed by atoms with E-state index >= 15 is 0 Å². The summed E-state index contributed by atoms with van der Waals surface area (Å²) in [5.41, 5.74) is 0.666. The van der Waals surface area contributed by atoms with Crippen molar-refractivity contribution in [1.82, 2.24) is 15.0 Å². The maximum absolute atomic E-state index is 12.6. The molecule has 1 spiro atoms. The Morgan fingerprint density at radius 1 is 1.17 bits per heavy atom. The van der Waals surface area contributed by atoms with Crippen molar-refractivity contribution in [3.63, 3.8) is 0 Å². The van der Waals surface area contributed by atoms with Crippen LogP contribution in [0.2, 0.25) is 0 Å². The molecule has 0 bridgehead atoms. The summed E-state index contributed by atoms with van der Waals surface area (Å²) in [5.74, 6) is 0.850. The topological polar surface area (TPSA) is 62.5 Å². The van der Waals surface area contributed by atoms with Crippen molar-refractivity contribution in [2.75, 3.05) is 31.6 Å². The van der Waals surface area contributed by atoms with Crippen molar-refractivity contribution in [1.29, 1.82) is 0 Å². The molecule has 0 saturated carbocycles. The molecule has 0 unspecified atom stereocenters. The maximum Gasteiger partial charge on any atom is 0.324 e. The molecule has 1 atom stereocenters. The van der Waals surface area contributed by atoms with Crippen molar-refractivity contribution < 1.29 is 9.32 Å². The number of hydrogen-bond donors (Lipinski definition) is 0.